The van der Waals surface area contributed by atoms with Crippen molar-refractivity contribution >= 4 is 28.9 Å². The van der Waals surface area contributed by atoms with Crippen LogP contribution in [0.4, 0.5) is 11.4 Å². The van der Waals surface area contributed by atoms with Crippen LogP contribution in [0.15, 0.2) is 30.3 Å². The van der Waals surface area contributed by atoms with Crippen LogP contribution in [0.25, 0.3) is 0 Å². The molecule has 1 amide bonds. The van der Waals surface area contributed by atoms with Crippen LogP contribution >= 0.6 is 11.6 Å². The van der Waals surface area contributed by atoms with Gasteiger partial charge in [-0.3, -0.25) is 9.78 Å². The largest absolute Gasteiger partial charge is 0.399 e. The Bertz CT molecular complexity index is 641. The maximum absolute atomic E-state index is 12.2. The lowest BCUT2D eigenvalue weighted by molar-refractivity contribution is 0.102. The molecule has 2 rings (SSSR count). The van der Waals surface area contributed by atoms with Crippen molar-refractivity contribution in [1.29, 1.82) is 0 Å². The van der Waals surface area contributed by atoms with Gasteiger partial charge in [-0.2, -0.15) is 0 Å². The molecule has 0 aliphatic carbocycles. The lowest BCUT2D eigenvalue weighted by atomic mass is 10.1. The Labute approximate surface area is 116 Å². The first-order chi connectivity index (χ1) is 8.97. The van der Waals surface area contributed by atoms with Gasteiger partial charge in [-0.15, -0.1) is 0 Å². The van der Waals surface area contributed by atoms with E-state index in [4.69, 9.17) is 17.3 Å². The lowest BCUT2D eigenvalue weighted by Crippen LogP contribution is -2.14. The van der Waals surface area contributed by atoms with Gasteiger partial charge in [0.15, 0.2) is 0 Å². The Morgan fingerprint density at radius 1 is 1.26 bits per heavy atom. The highest BCUT2D eigenvalue weighted by molar-refractivity contribution is 6.34. The number of nitrogens with two attached hydrogens (primary N) is 1. The zero-order chi connectivity index (χ0) is 14.0. The molecule has 3 N–H and O–H groups in total. The molecular weight excluding hydrogens is 262 g/mol. The molecule has 5 heteroatoms. The first-order valence-electron chi connectivity index (χ1n) is 5.78. The summed E-state index contributed by atoms with van der Waals surface area (Å²) in [6.07, 6.45) is 0. The number of amides is 1. The smallest absolute Gasteiger partial charge is 0.257 e. The lowest BCUT2D eigenvalue weighted by Gasteiger charge is -2.09. The number of anilines is 2. The van der Waals surface area contributed by atoms with Gasteiger partial charge in [0.25, 0.3) is 5.91 Å². The molecule has 19 heavy (non-hydrogen) atoms. The van der Waals surface area contributed by atoms with E-state index in [0.29, 0.717) is 27.7 Å². The minimum Gasteiger partial charge on any atom is -0.399 e. The molecule has 0 radical (unpaired) electrons. The van der Waals surface area contributed by atoms with E-state index in [9.17, 15) is 4.79 Å². The average Bonchev–Trinajstić information content (AvgIpc) is 2.33. The fourth-order valence-corrected chi connectivity index (χ4v) is 1.92. The first kappa shape index (κ1) is 13.4. The van der Waals surface area contributed by atoms with E-state index in [-0.39, 0.29) is 5.91 Å². The maximum Gasteiger partial charge on any atom is 0.257 e. The third kappa shape index (κ3) is 3.03. The fraction of sp³-hybridized carbons (Fsp3) is 0.143. The van der Waals surface area contributed by atoms with Crippen molar-refractivity contribution in [2.24, 2.45) is 0 Å². The van der Waals surface area contributed by atoms with Crippen LogP contribution in [0.1, 0.15) is 21.7 Å². The van der Waals surface area contributed by atoms with Gasteiger partial charge in [-0.05, 0) is 44.2 Å². The van der Waals surface area contributed by atoms with E-state index in [1.807, 2.05) is 6.92 Å². The molecule has 98 valence electrons. The summed E-state index contributed by atoms with van der Waals surface area (Å²) in [4.78, 5) is 16.4. The van der Waals surface area contributed by atoms with Crippen LogP contribution < -0.4 is 11.1 Å². The second-order valence-electron chi connectivity index (χ2n) is 4.28. The van der Waals surface area contributed by atoms with E-state index in [2.05, 4.69) is 10.3 Å². The Balaban J connectivity index is 2.28. The number of halogens is 1. The summed E-state index contributed by atoms with van der Waals surface area (Å²) in [7, 11) is 0. The first-order valence-corrected chi connectivity index (χ1v) is 6.16. The van der Waals surface area contributed by atoms with Crippen molar-refractivity contribution in [3.8, 4) is 0 Å². The van der Waals surface area contributed by atoms with Gasteiger partial charge in [0, 0.05) is 11.4 Å². The van der Waals surface area contributed by atoms with Gasteiger partial charge >= 0.3 is 0 Å². The number of pyridine rings is 1. The normalized spacial score (nSPS) is 10.3. The Morgan fingerprint density at radius 2 is 2.00 bits per heavy atom. The van der Waals surface area contributed by atoms with E-state index in [1.54, 1.807) is 37.3 Å². The number of nitrogens with zero attached hydrogens (tertiary/aromatic N) is 1. The molecule has 1 aromatic carbocycles. The molecule has 1 heterocycles. The highest BCUT2D eigenvalue weighted by Gasteiger charge is 2.12. The molecule has 0 saturated heterocycles. The SMILES string of the molecule is Cc1ccc(C(=O)Nc2cc(N)ccc2Cl)c(C)n1. The van der Waals surface area contributed by atoms with Gasteiger partial charge in [-0.25, -0.2) is 0 Å². The van der Waals surface area contributed by atoms with Crippen LogP contribution in [0, 0.1) is 13.8 Å². The van der Waals surface area contributed by atoms with Crippen LogP contribution in [0.3, 0.4) is 0 Å². The number of nitrogens with one attached hydrogen (secondary N) is 1. The molecule has 2 aromatic rings. The predicted octanol–water partition coefficient (Wildman–Crippen LogP) is 3.19. The summed E-state index contributed by atoms with van der Waals surface area (Å²) < 4.78 is 0. The van der Waals surface area contributed by atoms with Crippen molar-refractivity contribution in [3.63, 3.8) is 0 Å². The standard InChI is InChI=1S/C14H14ClN3O/c1-8-3-5-11(9(2)17-8)14(19)18-13-7-10(16)4-6-12(13)15/h3-7H,16H2,1-2H3,(H,18,19). The van der Waals surface area contributed by atoms with Gasteiger partial charge in [0.2, 0.25) is 0 Å². The van der Waals surface area contributed by atoms with Crippen LogP contribution in [0.2, 0.25) is 5.02 Å². The van der Waals surface area contributed by atoms with Crippen molar-refractivity contribution in [3.05, 3.63) is 52.3 Å². The zero-order valence-electron chi connectivity index (χ0n) is 10.7. The molecule has 0 saturated carbocycles. The van der Waals surface area contributed by atoms with Gasteiger partial charge in [0.1, 0.15) is 0 Å². The number of aryl methyl sites for hydroxylation is 2. The van der Waals surface area contributed by atoms with E-state index in [0.717, 1.165) is 5.69 Å². The number of carbonyl (C=O) groups excluding carboxylic acids is 1. The molecule has 0 unspecified atom stereocenters. The second kappa shape index (κ2) is 5.28. The maximum atomic E-state index is 12.2. The third-order valence-corrected chi connectivity index (χ3v) is 3.04. The van der Waals surface area contributed by atoms with E-state index < -0.39 is 0 Å². The highest BCUT2D eigenvalue weighted by atomic mass is 35.5. The molecule has 0 atom stereocenters. The number of aromatic nitrogens is 1. The number of carbonyl (C=O) groups is 1. The van der Waals surface area contributed by atoms with Crippen molar-refractivity contribution in [1.82, 2.24) is 4.98 Å². The molecule has 1 aromatic heterocycles. The van der Waals surface area contributed by atoms with Gasteiger partial charge < -0.3 is 11.1 Å². The monoisotopic (exact) mass is 275 g/mol. The Hall–Kier alpha value is -2.07. The molecule has 0 bridgehead atoms. The van der Waals surface area contributed by atoms with Gasteiger partial charge in [-0.1, -0.05) is 11.6 Å². The summed E-state index contributed by atoms with van der Waals surface area (Å²) in [6, 6.07) is 8.48. The predicted molar refractivity (Wildman–Crippen MR) is 77.5 cm³/mol. The summed E-state index contributed by atoms with van der Waals surface area (Å²) in [5.41, 5.74) is 8.77. The van der Waals surface area contributed by atoms with E-state index >= 15 is 0 Å². The molecular formula is C14H14ClN3O. The quantitative estimate of drug-likeness (QED) is 0.827. The topological polar surface area (TPSA) is 68.0 Å². The van der Waals surface area contributed by atoms with Crippen LogP contribution in [-0.2, 0) is 0 Å². The molecule has 0 spiro atoms. The highest BCUT2D eigenvalue weighted by Crippen LogP contribution is 2.24. The Morgan fingerprint density at radius 3 is 2.68 bits per heavy atom. The van der Waals surface area contributed by atoms with Crippen molar-refractivity contribution in [2.75, 3.05) is 11.1 Å². The summed E-state index contributed by atoms with van der Waals surface area (Å²) in [5, 5.41) is 3.18. The number of rotatable bonds is 2. The summed E-state index contributed by atoms with van der Waals surface area (Å²) in [6.45, 7) is 3.67. The number of nitrogen functional groups attached to an aromatic ring is 1. The zero-order valence-corrected chi connectivity index (χ0v) is 11.5. The fourth-order valence-electron chi connectivity index (χ4n) is 1.75. The number of hydrogen-bond acceptors (Lipinski definition) is 3. The minimum atomic E-state index is -0.252. The second-order valence-corrected chi connectivity index (χ2v) is 4.69. The van der Waals surface area contributed by atoms with Crippen LogP contribution in [0.5, 0.6) is 0 Å². The third-order valence-electron chi connectivity index (χ3n) is 2.71. The molecule has 0 fully saturated rings. The number of hydrogen-bond donors (Lipinski definition) is 2. The number of benzene rings is 1. The summed E-state index contributed by atoms with van der Waals surface area (Å²) in [5.74, 6) is -0.252. The molecule has 4 nitrogen and oxygen atoms in total. The molecule has 0 aliphatic heterocycles. The van der Waals surface area contributed by atoms with E-state index in [1.165, 1.54) is 0 Å². The van der Waals surface area contributed by atoms with Gasteiger partial charge in [0.05, 0.1) is 22.0 Å². The molecule has 0 aliphatic rings. The van der Waals surface area contributed by atoms with Crippen molar-refractivity contribution < 1.29 is 4.79 Å². The van der Waals surface area contributed by atoms with Crippen molar-refractivity contribution in [2.45, 2.75) is 13.8 Å². The average molecular weight is 276 g/mol. The minimum absolute atomic E-state index is 0.252. The van der Waals surface area contributed by atoms with Crippen LogP contribution in [-0.4, -0.2) is 10.9 Å². The summed E-state index contributed by atoms with van der Waals surface area (Å²) >= 11 is 6.01. The Kier molecular flexibility index (Phi) is 3.71.